The third-order valence-electron chi connectivity index (χ3n) is 3.44. The van der Waals surface area contributed by atoms with Gasteiger partial charge in [0.1, 0.15) is 17.4 Å². The van der Waals surface area contributed by atoms with Gasteiger partial charge in [-0.3, -0.25) is 0 Å². The van der Waals surface area contributed by atoms with Crippen LogP contribution in [0, 0.1) is 11.3 Å². The van der Waals surface area contributed by atoms with E-state index in [1.165, 1.54) is 7.11 Å². The zero-order valence-corrected chi connectivity index (χ0v) is 13.8. The van der Waals surface area contributed by atoms with Crippen LogP contribution in [0.5, 0.6) is 0 Å². The second-order valence-electron chi connectivity index (χ2n) is 4.63. The zero-order valence-electron chi connectivity index (χ0n) is 12.2. The molecule has 1 aromatic carbocycles. The third-order valence-corrected chi connectivity index (χ3v) is 4.16. The van der Waals surface area contributed by atoms with E-state index in [0.29, 0.717) is 17.8 Å². The van der Waals surface area contributed by atoms with Crippen molar-refractivity contribution in [3.8, 4) is 6.07 Å². The van der Waals surface area contributed by atoms with Crippen molar-refractivity contribution in [2.45, 2.75) is 19.3 Å². The first kappa shape index (κ1) is 16.1. The minimum absolute atomic E-state index is 0.0211. The highest BCUT2D eigenvalue weighted by Crippen LogP contribution is 2.42. The molecule has 6 heteroatoms. The van der Waals surface area contributed by atoms with Gasteiger partial charge >= 0.3 is 5.97 Å². The molecule has 22 heavy (non-hydrogen) atoms. The second kappa shape index (κ2) is 6.67. The van der Waals surface area contributed by atoms with Gasteiger partial charge in [-0.2, -0.15) is 5.26 Å². The van der Waals surface area contributed by atoms with Crippen LogP contribution >= 0.6 is 15.9 Å². The van der Waals surface area contributed by atoms with E-state index in [1.807, 2.05) is 37.3 Å². The molecule has 1 aliphatic rings. The normalized spacial score (nSPS) is 17.8. The standard InChI is InChI=1S/C16H15BrN2O3/c1-3-12-14(16(20)21-2)13(10(8-18)15(19)22-12)9-6-4-5-7-11(9)17/h4-7,13H,3,19H2,1-2H3. The molecule has 0 saturated heterocycles. The molecule has 0 fully saturated rings. The van der Waals surface area contributed by atoms with E-state index in [1.54, 1.807) is 0 Å². The number of ether oxygens (including phenoxy) is 2. The molecule has 0 spiro atoms. The Morgan fingerprint density at radius 3 is 2.73 bits per heavy atom. The topological polar surface area (TPSA) is 85.3 Å². The van der Waals surface area contributed by atoms with Crippen molar-refractivity contribution < 1.29 is 14.3 Å². The molecule has 0 bridgehead atoms. The summed E-state index contributed by atoms with van der Waals surface area (Å²) in [5.41, 5.74) is 7.14. The molecule has 1 unspecified atom stereocenters. The summed E-state index contributed by atoms with van der Waals surface area (Å²) in [7, 11) is 1.30. The maximum absolute atomic E-state index is 12.3. The summed E-state index contributed by atoms with van der Waals surface area (Å²) >= 11 is 3.46. The van der Waals surface area contributed by atoms with Crippen LogP contribution in [0.1, 0.15) is 24.8 Å². The highest BCUT2D eigenvalue weighted by Gasteiger charge is 2.37. The Balaban J connectivity index is 2.73. The van der Waals surface area contributed by atoms with E-state index in [9.17, 15) is 10.1 Å². The number of rotatable bonds is 3. The third kappa shape index (κ3) is 2.72. The van der Waals surface area contributed by atoms with Gasteiger partial charge in [-0.25, -0.2) is 4.79 Å². The van der Waals surface area contributed by atoms with Crippen LogP contribution in [0.25, 0.3) is 0 Å². The average molecular weight is 363 g/mol. The number of halogens is 1. The SMILES string of the molecule is CCC1=C(C(=O)OC)C(c2ccccc2Br)C(C#N)=C(N)O1. The Kier molecular flexibility index (Phi) is 4.88. The molecular weight excluding hydrogens is 348 g/mol. The van der Waals surface area contributed by atoms with E-state index in [4.69, 9.17) is 15.2 Å². The summed E-state index contributed by atoms with van der Waals surface area (Å²) < 4.78 is 11.1. The molecule has 0 aromatic heterocycles. The fourth-order valence-electron chi connectivity index (χ4n) is 2.43. The quantitative estimate of drug-likeness (QED) is 0.835. The van der Waals surface area contributed by atoms with E-state index in [2.05, 4.69) is 15.9 Å². The van der Waals surface area contributed by atoms with Gasteiger partial charge in [0.05, 0.1) is 18.6 Å². The number of allylic oxidation sites excluding steroid dienone is 2. The smallest absolute Gasteiger partial charge is 0.338 e. The van der Waals surface area contributed by atoms with Crippen LogP contribution in [-0.4, -0.2) is 13.1 Å². The monoisotopic (exact) mass is 362 g/mol. The molecule has 0 saturated carbocycles. The Bertz CT molecular complexity index is 716. The number of nitrogens with two attached hydrogens (primary N) is 1. The van der Waals surface area contributed by atoms with Gasteiger partial charge in [0, 0.05) is 10.9 Å². The van der Waals surface area contributed by atoms with Gasteiger partial charge in [0.2, 0.25) is 5.88 Å². The van der Waals surface area contributed by atoms with Crippen molar-refractivity contribution in [3.63, 3.8) is 0 Å². The number of hydrogen-bond donors (Lipinski definition) is 1. The molecule has 2 N–H and O–H groups in total. The van der Waals surface area contributed by atoms with Crippen LogP contribution < -0.4 is 5.73 Å². The van der Waals surface area contributed by atoms with E-state index in [-0.39, 0.29) is 11.5 Å². The van der Waals surface area contributed by atoms with Crippen molar-refractivity contribution in [2.75, 3.05) is 7.11 Å². The summed E-state index contributed by atoms with van der Waals surface area (Å²) in [6, 6.07) is 9.42. The van der Waals surface area contributed by atoms with Crippen molar-refractivity contribution in [2.24, 2.45) is 5.73 Å². The van der Waals surface area contributed by atoms with Crippen LogP contribution in [0.4, 0.5) is 0 Å². The summed E-state index contributed by atoms with van der Waals surface area (Å²) in [6.45, 7) is 1.85. The van der Waals surface area contributed by atoms with Crippen LogP contribution in [0.2, 0.25) is 0 Å². The molecule has 0 aliphatic carbocycles. The molecule has 114 valence electrons. The number of esters is 1. The number of nitrogens with zero attached hydrogens (tertiary/aromatic N) is 1. The van der Waals surface area contributed by atoms with Gasteiger partial charge in [0.15, 0.2) is 0 Å². The fourth-order valence-corrected chi connectivity index (χ4v) is 2.95. The van der Waals surface area contributed by atoms with Crippen molar-refractivity contribution in [1.29, 1.82) is 5.26 Å². The summed E-state index contributed by atoms with van der Waals surface area (Å²) in [5.74, 6) is -0.702. The maximum atomic E-state index is 12.3. The molecule has 2 rings (SSSR count). The Hall–Kier alpha value is -2.26. The lowest BCUT2D eigenvalue weighted by Crippen LogP contribution is -2.25. The van der Waals surface area contributed by atoms with Crippen LogP contribution in [0.15, 0.2) is 51.5 Å². The molecular formula is C16H15BrN2O3. The number of benzene rings is 1. The van der Waals surface area contributed by atoms with Crippen molar-refractivity contribution in [1.82, 2.24) is 0 Å². The minimum Gasteiger partial charge on any atom is -0.466 e. The first-order valence-electron chi connectivity index (χ1n) is 6.68. The predicted octanol–water partition coefficient (Wildman–Crippen LogP) is 3.09. The van der Waals surface area contributed by atoms with E-state index >= 15 is 0 Å². The second-order valence-corrected chi connectivity index (χ2v) is 5.48. The van der Waals surface area contributed by atoms with E-state index in [0.717, 1.165) is 10.0 Å². The van der Waals surface area contributed by atoms with E-state index < -0.39 is 11.9 Å². The Morgan fingerprint density at radius 2 is 2.18 bits per heavy atom. The number of methoxy groups -OCH3 is 1. The number of carbonyl (C=O) groups is 1. The summed E-state index contributed by atoms with van der Waals surface area (Å²) in [6.07, 6.45) is 0.463. The summed E-state index contributed by atoms with van der Waals surface area (Å²) in [5, 5.41) is 9.46. The van der Waals surface area contributed by atoms with Gasteiger partial charge in [0.25, 0.3) is 0 Å². The maximum Gasteiger partial charge on any atom is 0.338 e. The van der Waals surface area contributed by atoms with Crippen LogP contribution in [0.3, 0.4) is 0 Å². The van der Waals surface area contributed by atoms with Gasteiger partial charge in [-0.05, 0) is 11.6 Å². The zero-order chi connectivity index (χ0) is 16.3. The average Bonchev–Trinajstić information content (AvgIpc) is 2.53. The summed E-state index contributed by atoms with van der Waals surface area (Å²) in [4.78, 5) is 12.3. The van der Waals surface area contributed by atoms with Crippen molar-refractivity contribution >= 4 is 21.9 Å². The van der Waals surface area contributed by atoms with Gasteiger partial charge < -0.3 is 15.2 Å². The van der Waals surface area contributed by atoms with Gasteiger partial charge in [-0.1, -0.05) is 41.1 Å². The lowest BCUT2D eigenvalue weighted by atomic mass is 9.82. The largest absolute Gasteiger partial charge is 0.466 e. The highest BCUT2D eigenvalue weighted by atomic mass is 79.9. The minimum atomic E-state index is -0.614. The highest BCUT2D eigenvalue weighted by molar-refractivity contribution is 9.10. The van der Waals surface area contributed by atoms with Gasteiger partial charge in [-0.15, -0.1) is 0 Å². The fraction of sp³-hybridized carbons (Fsp3) is 0.250. The first-order valence-corrected chi connectivity index (χ1v) is 7.47. The number of hydrogen-bond acceptors (Lipinski definition) is 5. The molecule has 1 aliphatic heterocycles. The molecule has 1 aromatic rings. The van der Waals surface area contributed by atoms with Crippen molar-refractivity contribution in [3.05, 3.63) is 57.1 Å². The molecule has 0 amide bonds. The lowest BCUT2D eigenvalue weighted by molar-refractivity contribution is -0.136. The molecule has 0 radical (unpaired) electrons. The number of carbonyl (C=O) groups excluding carboxylic acids is 1. The first-order chi connectivity index (χ1) is 10.5. The van der Waals surface area contributed by atoms with Crippen LogP contribution in [-0.2, 0) is 14.3 Å². The molecule has 1 atom stereocenters. The Morgan fingerprint density at radius 1 is 1.50 bits per heavy atom. The number of nitriles is 1. The molecule has 1 heterocycles. The predicted molar refractivity (Wildman–Crippen MR) is 84.1 cm³/mol. The molecule has 5 nitrogen and oxygen atoms in total. The Labute approximate surface area is 137 Å². The lowest BCUT2D eigenvalue weighted by Gasteiger charge is -2.28.